The standard InChI is InChI=1S/C27H32N2O3S/c1-18-20(3)33-24(28-18)22-13-11-21(12-14-22)19(2)29-16-15-27(32-25(29)30,17-26(4,5)31)23-9-7-6-8-10-23/h6-14,19,31H,15-17H2,1-5H3/t19?,27-/m0/s1. The summed E-state index contributed by atoms with van der Waals surface area (Å²) in [7, 11) is 0. The molecule has 1 aromatic heterocycles. The summed E-state index contributed by atoms with van der Waals surface area (Å²) in [5, 5.41) is 11.6. The first-order valence-corrected chi connectivity index (χ1v) is 12.2. The Bertz CT molecular complexity index is 1100. The molecular weight excluding hydrogens is 432 g/mol. The van der Waals surface area contributed by atoms with Crippen LogP contribution in [-0.4, -0.2) is 33.2 Å². The number of thiazole rings is 1. The molecule has 5 nitrogen and oxygen atoms in total. The minimum absolute atomic E-state index is 0.123. The zero-order valence-electron chi connectivity index (χ0n) is 20.0. The molecule has 1 saturated heterocycles. The molecule has 1 amide bonds. The second-order valence-corrected chi connectivity index (χ2v) is 10.8. The van der Waals surface area contributed by atoms with Crippen LogP contribution in [-0.2, 0) is 10.3 Å². The predicted molar refractivity (Wildman–Crippen MR) is 132 cm³/mol. The van der Waals surface area contributed by atoms with Crippen molar-refractivity contribution in [3.63, 3.8) is 0 Å². The summed E-state index contributed by atoms with van der Waals surface area (Å²) >= 11 is 1.70. The highest BCUT2D eigenvalue weighted by Gasteiger charge is 2.46. The molecule has 1 unspecified atom stereocenters. The molecule has 2 atom stereocenters. The Labute approximate surface area is 200 Å². The monoisotopic (exact) mass is 464 g/mol. The number of hydrogen-bond donors (Lipinski definition) is 1. The van der Waals surface area contributed by atoms with E-state index in [0.29, 0.717) is 19.4 Å². The smallest absolute Gasteiger partial charge is 0.411 e. The van der Waals surface area contributed by atoms with Crippen LogP contribution in [0.5, 0.6) is 0 Å². The van der Waals surface area contributed by atoms with Gasteiger partial charge in [0, 0.05) is 29.8 Å². The highest BCUT2D eigenvalue weighted by molar-refractivity contribution is 7.15. The van der Waals surface area contributed by atoms with Gasteiger partial charge in [-0.05, 0) is 45.7 Å². The van der Waals surface area contributed by atoms with E-state index in [0.717, 1.165) is 27.4 Å². The highest BCUT2D eigenvalue weighted by Crippen LogP contribution is 2.42. The molecule has 0 saturated carbocycles. The lowest BCUT2D eigenvalue weighted by Crippen LogP contribution is -2.51. The first kappa shape index (κ1) is 23.5. The van der Waals surface area contributed by atoms with Gasteiger partial charge in [-0.15, -0.1) is 11.3 Å². The third kappa shape index (κ3) is 4.97. The van der Waals surface area contributed by atoms with E-state index in [1.54, 1.807) is 30.1 Å². The number of rotatable bonds is 6. The molecule has 3 aromatic rings. The Morgan fingerprint density at radius 2 is 1.82 bits per heavy atom. The van der Waals surface area contributed by atoms with Gasteiger partial charge in [0.15, 0.2) is 0 Å². The van der Waals surface area contributed by atoms with E-state index in [1.165, 1.54) is 4.88 Å². The summed E-state index contributed by atoms with van der Waals surface area (Å²) in [6.07, 6.45) is 0.615. The van der Waals surface area contributed by atoms with E-state index >= 15 is 0 Å². The summed E-state index contributed by atoms with van der Waals surface area (Å²) in [4.78, 5) is 20.9. The van der Waals surface area contributed by atoms with E-state index in [2.05, 4.69) is 36.2 Å². The van der Waals surface area contributed by atoms with Crippen molar-refractivity contribution in [1.29, 1.82) is 0 Å². The molecule has 0 spiro atoms. The Kier molecular flexibility index (Phi) is 6.34. The Morgan fingerprint density at radius 1 is 1.15 bits per heavy atom. The molecule has 1 aliphatic rings. The van der Waals surface area contributed by atoms with Crippen LogP contribution in [0.25, 0.3) is 10.6 Å². The van der Waals surface area contributed by atoms with Crippen molar-refractivity contribution in [2.75, 3.05) is 6.54 Å². The number of hydrogen-bond acceptors (Lipinski definition) is 5. The van der Waals surface area contributed by atoms with E-state index in [4.69, 9.17) is 4.74 Å². The second kappa shape index (κ2) is 8.92. The molecule has 6 heteroatoms. The lowest BCUT2D eigenvalue weighted by atomic mass is 9.80. The first-order valence-electron chi connectivity index (χ1n) is 11.4. The third-order valence-corrected chi connectivity index (χ3v) is 7.55. The van der Waals surface area contributed by atoms with Crippen LogP contribution >= 0.6 is 11.3 Å². The molecule has 2 heterocycles. The lowest BCUT2D eigenvalue weighted by molar-refractivity contribution is -0.101. The molecule has 0 aliphatic carbocycles. The van der Waals surface area contributed by atoms with E-state index in [1.807, 2.05) is 44.2 Å². The van der Waals surface area contributed by atoms with Gasteiger partial charge in [-0.25, -0.2) is 9.78 Å². The average Bonchev–Trinajstić information content (AvgIpc) is 3.11. The zero-order valence-corrected chi connectivity index (χ0v) is 20.8. The topological polar surface area (TPSA) is 62.7 Å². The maximum Gasteiger partial charge on any atom is 0.411 e. The minimum Gasteiger partial charge on any atom is -0.438 e. The maximum absolute atomic E-state index is 13.2. The SMILES string of the molecule is Cc1nc(-c2ccc(C(C)N3CC[C@](CC(C)(C)O)(c4ccccc4)OC3=O)cc2)sc1C. The number of ether oxygens (including phenoxy) is 1. The quantitative estimate of drug-likeness (QED) is 0.459. The zero-order chi connectivity index (χ0) is 23.8. The fraction of sp³-hybridized carbons (Fsp3) is 0.407. The molecule has 2 aromatic carbocycles. The first-order chi connectivity index (χ1) is 15.6. The summed E-state index contributed by atoms with van der Waals surface area (Å²) in [6.45, 7) is 10.2. The van der Waals surface area contributed by atoms with Gasteiger partial charge in [-0.1, -0.05) is 54.6 Å². The molecule has 1 N–H and O–H groups in total. The molecule has 33 heavy (non-hydrogen) atoms. The number of benzene rings is 2. The predicted octanol–water partition coefficient (Wildman–Crippen LogP) is 6.39. The maximum atomic E-state index is 13.2. The van der Waals surface area contributed by atoms with Crippen LogP contribution in [0.4, 0.5) is 4.79 Å². The van der Waals surface area contributed by atoms with Crippen LogP contribution in [0.2, 0.25) is 0 Å². The molecule has 174 valence electrons. The largest absolute Gasteiger partial charge is 0.438 e. The summed E-state index contributed by atoms with van der Waals surface area (Å²) < 4.78 is 6.12. The normalized spacial score (nSPS) is 19.9. The van der Waals surface area contributed by atoms with Crippen LogP contribution in [0.1, 0.15) is 61.4 Å². The van der Waals surface area contributed by atoms with Crippen molar-refractivity contribution in [1.82, 2.24) is 9.88 Å². The van der Waals surface area contributed by atoms with Crippen LogP contribution in [0, 0.1) is 13.8 Å². The van der Waals surface area contributed by atoms with Crippen molar-refractivity contribution < 1.29 is 14.6 Å². The summed E-state index contributed by atoms with van der Waals surface area (Å²) in [5.74, 6) is 0. The van der Waals surface area contributed by atoms with Crippen LogP contribution < -0.4 is 0 Å². The molecule has 1 aliphatic heterocycles. The number of amides is 1. The summed E-state index contributed by atoms with van der Waals surface area (Å²) in [6, 6.07) is 17.9. The molecule has 0 bridgehead atoms. The Morgan fingerprint density at radius 3 is 2.36 bits per heavy atom. The van der Waals surface area contributed by atoms with Crippen molar-refractivity contribution >= 4 is 17.4 Å². The molecule has 4 rings (SSSR count). The number of carbonyl (C=O) groups excluding carboxylic acids is 1. The van der Waals surface area contributed by atoms with Crippen molar-refractivity contribution in [2.45, 2.75) is 64.7 Å². The Balaban J connectivity index is 1.53. The molecular formula is C27H32N2O3S. The number of aromatic nitrogens is 1. The van der Waals surface area contributed by atoms with Gasteiger partial charge < -0.3 is 14.7 Å². The van der Waals surface area contributed by atoms with Gasteiger partial charge in [0.25, 0.3) is 0 Å². The molecule has 1 fully saturated rings. The van der Waals surface area contributed by atoms with Gasteiger partial charge in [-0.3, -0.25) is 0 Å². The number of nitrogens with zero attached hydrogens (tertiary/aromatic N) is 2. The summed E-state index contributed by atoms with van der Waals surface area (Å²) in [5.41, 5.74) is 2.32. The highest BCUT2D eigenvalue weighted by atomic mass is 32.1. The van der Waals surface area contributed by atoms with Gasteiger partial charge in [0.1, 0.15) is 10.6 Å². The van der Waals surface area contributed by atoms with Gasteiger partial charge in [-0.2, -0.15) is 0 Å². The third-order valence-electron chi connectivity index (χ3n) is 6.43. The van der Waals surface area contributed by atoms with Crippen molar-refractivity contribution in [3.8, 4) is 10.6 Å². The van der Waals surface area contributed by atoms with E-state index in [9.17, 15) is 9.90 Å². The van der Waals surface area contributed by atoms with Crippen LogP contribution in [0.3, 0.4) is 0 Å². The van der Waals surface area contributed by atoms with Gasteiger partial charge in [0.2, 0.25) is 0 Å². The van der Waals surface area contributed by atoms with Crippen molar-refractivity contribution in [3.05, 3.63) is 76.3 Å². The lowest BCUT2D eigenvalue weighted by Gasteiger charge is -2.45. The van der Waals surface area contributed by atoms with E-state index in [-0.39, 0.29) is 12.1 Å². The van der Waals surface area contributed by atoms with Gasteiger partial charge in [0.05, 0.1) is 17.3 Å². The second-order valence-electron chi connectivity index (χ2n) is 9.62. The number of aliphatic hydroxyl groups is 1. The van der Waals surface area contributed by atoms with Crippen LogP contribution in [0.15, 0.2) is 54.6 Å². The fourth-order valence-corrected chi connectivity index (χ4v) is 5.49. The Hall–Kier alpha value is -2.70. The van der Waals surface area contributed by atoms with Crippen molar-refractivity contribution in [2.24, 2.45) is 0 Å². The van der Waals surface area contributed by atoms with Gasteiger partial charge >= 0.3 is 6.09 Å². The number of cyclic esters (lactones) is 1. The molecule has 0 radical (unpaired) electrons. The number of aryl methyl sites for hydroxylation is 2. The van der Waals surface area contributed by atoms with E-state index < -0.39 is 11.2 Å². The fourth-order valence-electron chi connectivity index (χ4n) is 4.57. The minimum atomic E-state index is -0.966. The number of carbonyl (C=O) groups is 1. The average molecular weight is 465 g/mol.